The van der Waals surface area contributed by atoms with Crippen molar-refractivity contribution in [3.05, 3.63) is 27.3 Å². The van der Waals surface area contributed by atoms with Crippen LogP contribution in [0.3, 0.4) is 0 Å². The Bertz CT molecular complexity index is 512. The van der Waals surface area contributed by atoms with E-state index in [1.807, 2.05) is 25.1 Å². The summed E-state index contributed by atoms with van der Waals surface area (Å²) in [6, 6.07) is 5.70. The van der Waals surface area contributed by atoms with Crippen molar-refractivity contribution in [1.29, 1.82) is 0 Å². The van der Waals surface area contributed by atoms with Gasteiger partial charge in [-0.25, -0.2) is 4.79 Å². The number of rotatable bonds is 4. The molecule has 6 heteroatoms. The Kier molecular flexibility index (Phi) is 5.36. The smallest absolute Gasteiger partial charge is 0.335 e. The molecule has 0 spiro atoms. The van der Waals surface area contributed by atoms with Crippen molar-refractivity contribution >= 4 is 40.2 Å². The molecule has 1 N–H and O–H groups in total. The minimum Gasteiger partial charge on any atom is -0.454 e. The summed E-state index contributed by atoms with van der Waals surface area (Å²) >= 11 is 2.21. The van der Waals surface area contributed by atoms with E-state index in [1.165, 1.54) is 0 Å². The average Bonchev–Trinajstić information content (AvgIpc) is 2.93. The first-order chi connectivity index (χ1) is 9.56. The fourth-order valence-corrected chi connectivity index (χ4v) is 2.59. The van der Waals surface area contributed by atoms with Gasteiger partial charge in [0, 0.05) is 15.9 Å². The third-order valence-electron chi connectivity index (χ3n) is 3.00. The van der Waals surface area contributed by atoms with Gasteiger partial charge in [-0.1, -0.05) is 0 Å². The van der Waals surface area contributed by atoms with E-state index in [0.717, 1.165) is 21.2 Å². The number of amides is 1. The zero-order chi connectivity index (χ0) is 14.5. The maximum absolute atomic E-state index is 11.7. The van der Waals surface area contributed by atoms with Crippen molar-refractivity contribution < 1.29 is 19.1 Å². The minimum absolute atomic E-state index is 0.288. The molecule has 0 aliphatic carbocycles. The number of carbonyl (C=O) groups excluding carboxylic acids is 2. The first-order valence-electron chi connectivity index (χ1n) is 6.40. The summed E-state index contributed by atoms with van der Waals surface area (Å²) in [5.74, 6) is -0.808. The van der Waals surface area contributed by atoms with Crippen molar-refractivity contribution in [2.45, 2.75) is 25.9 Å². The van der Waals surface area contributed by atoms with Gasteiger partial charge >= 0.3 is 5.97 Å². The van der Waals surface area contributed by atoms with Crippen LogP contribution in [-0.2, 0) is 19.1 Å². The van der Waals surface area contributed by atoms with Gasteiger partial charge in [0.05, 0.1) is 0 Å². The van der Waals surface area contributed by atoms with Crippen LogP contribution in [0.25, 0.3) is 0 Å². The fraction of sp³-hybridized carbons (Fsp3) is 0.429. The van der Waals surface area contributed by atoms with Crippen molar-refractivity contribution in [1.82, 2.24) is 0 Å². The molecule has 0 unspecified atom stereocenters. The molecule has 0 radical (unpaired) electrons. The van der Waals surface area contributed by atoms with E-state index >= 15 is 0 Å². The lowest BCUT2D eigenvalue weighted by Crippen LogP contribution is -2.27. The molecule has 1 fully saturated rings. The second-order valence-corrected chi connectivity index (χ2v) is 5.86. The molecule has 1 amide bonds. The Morgan fingerprint density at radius 3 is 2.95 bits per heavy atom. The normalized spacial score (nSPS) is 17.8. The number of nitrogens with one attached hydrogen (secondary N) is 1. The molecule has 0 saturated carbocycles. The van der Waals surface area contributed by atoms with E-state index in [0.29, 0.717) is 13.0 Å². The summed E-state index contributed by atoms with van der Waals surface area (Å²) < 4.78 is 11.2. The number of benzene rings is 1. The van der Waals surface area contributed by atoms with Gasteiger partial charge in [-0.3, -0.25) is 4.79 Å². The van der Waals surface area contributed by atoms with Gasteiger partial charge in [0.2, 0.25) is 0 Å². The van der Waals surface area contributed by atoms with E-state index in [9.17, 15) is 9.59 Å². The second-order valence-electron chi connectivity index (χ2n) is 4.62. The molecule has 1 aromatic carbocycles. The topological polar surface area (TPSA) is 64.6 Å². The number of hydrogen-bond acceptors (Lipinski definition) is 4. The van der Waals surface area contributed by atoms with Crippen LogP contribution >= 0.6 is 22.6 Å². The predicted molar refractivity (Wildman–Crippen MR) is 82.5 cm³/mol. The van der Waals surface area contributed by atoms with Crippen molar-refractivity contribution in [3.8, 4) is 0 Å². The molecule has 0 bridgehead atoms. The van der Waals surface area contributed by atoms with E-state index in [4.69, 9.17) is 9.47 Å². The first-order valence-corrected chi connectivity index (χ1v) is 7.48. The summed E-state index contributed by atoms with van der Waals surface area (Å²) in [7, 11) is 0. The Balaban J connectivity index is 1.81. The predicted octanol–water partition coefficient (Wildman–Crippen LogP) is 2.26. The SMILES string of the molecule is Cc1cc(I)ccc1NC(=O)COC(=O)[C@H]1CCCO1. The highest BCUT2D eigenvalue weighted by Gasteiger charge is 2.25. The molecule has 1 aliphatic rings. The highest BCUT2D eigenvalue weighted by molar-refractivity contribution is 14.1. The highest BCUT2D eigenvalue weighted by Crippen LogP contribution is 2.17. The van der Waals surface area contributed by atoms with E-state index in [-0.39, 0.29) is 12.5 Å². The Hall–Kier alpha value is -1.15. The fourth-order valence-electron chi connectivity index (χ4n) is 1.95. The zero-order valence-corrected chi connectivity index (χ0v) is 13.3. The Morgan fingerprint density at radius 1 is 1.50 bits per heavy atom. The van der Waals surface area contributed by atoms with Gasteiger partial charge in [-0.15, -0.1) is 0 Å². The molecular formula is C14H16INO4. The summed E-state index contributed by atoms with van der Waals surface area (Å²) in [4.78, 5) is 23.3. The summed E-state index contributed by atoms with van der Waals surface area (Å²) in [6.07, 6.45) is 1.01. The van der Waals surface area contributed by atoms with Gasteiger partial charge in [0.15, 0.2) is 12.7 Å². The van der Waals surface area contributed by atoms with Gasteiger partial charge in [0.25, 0.3) is 5.91 Å². The third kappa shape index (κ3) is 4.17. The minimum atomic E-state index is -0.511. The molecule has 0 aromatic heterocycles. The standard InChI is InChI=1S/C14H16INO4/c1-9-7-10(15)4-5-11(9)16-13(17)8-20-14(18)12-3-2-6-19-12/h4-5,7,12H,2-3,6,8H2,1H3,(H,16,17)/t12-/m1/s1. The second kappa shape index (κ2) is 7.03. The summed E-state index contributed by atoms with van der Waals surface area (Å²) in [5, 5.41) is 2.72. The first kappa shape index (κ1) is 15.2. The van der Waals surface area contributed by atoms with Crippen LogP contribution in [0.1, 0.15) is 18.4 Å². The molecule has 1 atom stereocenters. The molecule has 1 aromatic rings. The molecule has 1 heterocycles. The molecule has 20 heavy (non-hydrogen) atoms. The molecular weight excluding hydrogens is 373 g/mol. The van der Waals surface area contributed by atoms with Crippen LogP contribution in [0.5, 0.6) is 0 Å². The number of aryl methyl sites for hydroxylation is 1. The molecule has 1 saturated heterocycles. The largest absolute Gasteiger partial charge is 0.454 e. The quantitative estimate of drug-likeness (QED) is 0.634. The van der Waals surface area contributed by atoms with E-state index < -0.39 is 12.1 Å². The summed E-state index contributed by atoms with van der Waals surface area (Å²) in [5.41, 5.74) is 1.69. The highest BCUT2D eigenvalue weighted by atomic mass is 127. The number of esters is 1. The lowest BCUT2D eigenvalue weighted by Gasteiger charge is -2.11. The van der Waals surface area contributed by atoms with Gasteiger partial charge in [0.1, 0.15) is 0 Å². The average molecular weight is 389 g/mol. The number of carbonyl (C=O) groups is 2. The van der Waals surface area contributed by atoms with Crippen LogP contribution in [-0.4, -0.2) is 31.2 Å². The van der Waals surface area contributed by atoms with Crippen LogP contribution in [0, 0.1) is 10.5 Å². The Labute approximate surface area is 131 Å². The maximum atomic E-state index is 11.7. The Morgan fingerprint density at radius 2 is 2.30 bits per heavy atom. The summed E-state index contributed by atoms with van der Waals surface area (Å²) in [6.45, 7) is 2.20. The van der Waals surface area contributed by atoms with Crippen molar-refractivity contribution in [3.63, 3.8) is 0 Å². The number of ether oxygens (including phenoxy) is 2. The van der Waals surface area contributed by atoms with Crippen LogP contribution in [0.4, 0.5) is 5.69 Å². The van der Waals surface area contributed by atoms with Crippen LogP contribution in [0.2, 0.25) is 0 Å². The molecule has 2 rings (SSSR count). The number of hydrogen-bond donors (Lipinski definition) is 1. The lowest BCUT2D eigenvalue weighted by molar-refractivity contribution is -0.156. The molecule has 108 valence electrons. The van der Waals surface area contributed by atoms with E-state index in [1.54, 1.807) is 0 Å². The lowest BCUT2D eigenvalue weighted by atomic mass is 10.2. The maximum Gasteiger partial charge on any atom is 0.335 e. The zero-order valence-electron chi connectivity index (χ0n) is 11.1. The van der Waals surface area contributed by atoms with Gasteiger partial charge in [-0.05, 0) is 66.1 Å². The molecule has 5 nitrogen and oxygen atoms in total. The number of anilines is 1. The van der Waals surface area contributed by atoms with Gasteiger partial charge < -0.3 is 14.8 Å². The van der Waals surface area contributed by atoms with Crippen molar-refractivity contribution in [2.24, 2.45) is 0 Å². The van der Waals surface area contributed by atoms with Crippen molar-refractivity contribution in [2.75, 3.05) is 18.5 Å². The number of halogens is 1. The monoisotopic (exact) mass is 389 g/mol. The van der Waals surface area contributed by atoms with Crippen LogP contribution < -0.4 is 5.32 Å². The third-order valence-corrected chi connectivity index (χ3v) is 3.67. The van der Waals surface area contributed by atoms with Crippen LogP contribution in [0.15, 0.2) is 18.2 Å². The van der Waals surface area contributed by atoms with E-state index in [2.05, 4.69) is 27.9 Å². The van der Waals surface area contributed by atoms with Gasteiger partial charge in [-0.2, -0.15) is 0 Å². The molecule has 1 aliphatic heterocycles.